The van der Waals surface area contributed by atoms with E-state index in [4.69, 9.17) is 12.2 Å². The average Bonchev–Trinajstić information content (AvgIpc) is 2.29. The first-order valence-electron chi connectivity index (χ1n) is 4.73. The van der Waals surface area contributed by atoms with Crippen LogP contribution >= 0.6 is 11.8 Å². The minimum atomic E-state index is -0.232. The fourth-order valence-electron chi connectivity index (χ4n) is 0.978. The fourth-order valence-corrected chi connectivity index (χ4v) is 1.79. The second kappa shape index (κ2) is 6.03. The van der Waals surface area contributed by atoms with Gasteiger partial charge in [0.05, 0.1) is 28.7 Å². The van der Waals surface area contributed by atoms with Gasteiger partial charge in [-0.1, -0.05) is 17.7 Å². The average molecular weight is 235 g/mol. The Hall–Kier alpha value is -1.67. The van der Waals surface area contributed by atoms with Gasteiger partial charge < -0.3 is 11.1 Å². The van der Waals surface area contributed by atoms with Crippen LogP contribution in [0.25, 0.3) is 0 Å². The third-order valence-electron chi connectivity index (χ3n) is 1.79. The zero-order chi connectivity index (χ0) is 12.0. The monoisotopic (exact) mass is 235 g/mol. The lowest BCUT2D eigenvalue weighted by Gasteiger charge is -2.09. The number of amides is 1. The number of anilines is 1. The van der Waals surface area contributed by atoms with Crippen molar-refractivity contribution >= 4 is 23.4 Å². The number of nitrogens with zero attached hydrogens (tertiary/aromatic N) is 1. The van der Waals surface area contributed by atoms with E-state index in [1.54, 1.807) is 25.3 Å². The van der Waals surface area contributed by atoms with Gasteiger partial charge in [0.15, 0.2) is 0 Å². The van der Waals surface area contributed by atoms with Gasteiger partial charge >= 0.3 is 0 Å². The lowest BCUT2D eigenvalue weighted by Crippen LogP contribution is -2.31. The van der Waals surface area contributed by atoms with Gasteiger partial charge in [0.25, 0.3) is 0 Å². The number of nitrogens with one attached hydrogen (secondary N) is 1. The van der Waals surface area contributed by atoms with Crippen LogP contribution in [0.1, 0.15) is 6.92 Å². The highest BCUT2D eigenvalue weighted by atomic mass is 32.2. The quantitative estimate of drug-likeness (QED) is 0.601. The Morgan fingerprint density at radius 3 is 3.06 bits per heavy atom. The van der Waals surface area contributed by atoms with Crippen molar-refractivity contribution in [3.63, 3.8) is 0 Å². The van der Waals surface area contributed by atoms with Crippen molar-refractivity contribution in [3.8, 4) is 12.3 Å². The van der Waals surface area contributed by atoms with Crippen molar-refractivity contribution in [2.75, 3.05) is 12.3 Å². The summed E-state index contributed by atoms with van der Waals surface area (Å²) in [6.07, 6.45) is 6.61. The first-order valence-corrected chi connectivity index (χ1v) is 5.61. The highest BCUT2D eigenvalue weighted by molar-refractivity contribution is 8.00. The molecule has 0 fully saturated rings. The first-order chi connectivity index (χ1) is 7.63. The Morgan fingerprint density at radius 2 is 2.50 bits per heavy atom. The molecule has 3 N–H and O–H groups in total. The molecule has 1 aromatic rings. The second-order valence-corrected chi connectivity index (χ2v) is 4.47. The van der Waals surface area contributed by atoms with E-state index in [-0.39, 0.29) is 17.7 Å². The lowest BCUT2D eigenvalue weighted by molar-refractivity contribution is -0.120. The van der Waals surface area contributed by atoms with Gasteiger partial charge in [-0.15, -0.1) is 6.42 Å². The first kappa shape index (κ1) is 12.4. The molecule has 16 heavy (non-hydrogen) atoms. The highest BCUT2D eigenvalue weighted by Crippen LogP contribution is 2.21. The topological polar surface area (TPSA) is 68.0 Å². The predicted octanol–water partition coefficient (Wildman–Crippen LogP) is 0.894. The van der Waals surface area contributed by atoms with Crippen molar-refractivity contribution in [1.29, 1.82) is 0 Å². The van der Waals surface area contributed by atoms with E-state index in [0.717, 1.165) is 5.03 Å². The number of carbonyl (C=O) groups is 1. The number of terminal acetylenes is 1. The number of rotatable bonds is 4. The van der Waals surface area contributed by atoms with Crippen molar-refractivity contribution < 1.29 is 4.79 Å². The van der Waals surface area contributed by atoms with Crippen LogP contribution in [-0.2, 0) is 4.79 Å². The molecule has 1 atom stereocenters. The van der Waals surface area contributed by atoms with Gasteiger partial charge in [-0.25, -0.2) is 4.98 Å². The molecular formula is C11H13N3OS. The maximum atomic E-state index is 11.5. The summed E-state index contributed by atoms with van der Waals surface area (Å²) in [4.78, 5) is 15.6. The van der Waals surface area contributed by atoms with Crippen molar-refractivity contribution in [2.45, 2.75) is 17.2 Å². The molecular weight excluding hydrogens is 222 g/mol. The van der Waals surface area contributed by atoms with E-state index < -0.39 is 0 Å². The van der Waals surface area contributed by atoms with E-state index in [2.05, 4.69) is 16.2 Å². The zero-order valence-electron chi connectivity index (χ0n) is 8.93. The normalized spacial score (nSPS) is 11.5. The van der Waals surface area contributed by atoms with Crippen LogP contribution in [0.15, 0.2) is 23.4 Å². The summed E-state index contributed by atoms with van der Waals surface area (Å²) in [5.74, 6) is 2.26. The molecule has 1 rings (SSSR count). The second-order valence-electron chi connectivity index (χ2n) is 3.11. The molecule has 0 spiro atoms. The maximum absolute atomic E-state index is 11.5. The van der Waals surface area contributed by atoms with Crippen LogP contribution in [0.4, 0.5) is 5.69 Å². The zero-order valence-corrected chi connectivity index (χ0v) is 9.75. The van der Waals surface area contributed by atoms with Gasteiger partial charge in [0.1, 0.15) is 0 Å². The molecule has 0 radical (unpaired) electrons. The van der Waals surface area contributed by atoms with Crippen molar-refractivity contribution in [2.24, 2.45) is 0 Å². The van der Waals surface area contributed by atoms with Gasteiger partial charge in [0, 0.05) is 0 Å². The van der Waals surface area contributed by atoms with Crippen LogP contribution in [-0.4, -0.2) is 22.7 Å². The third kappa shape index (κ3) is 3.83. The summed E-state index contributed by atoms with van der Waals surface area (Å²) in [5.41, 5.74) is 6.12. The van der Waals surface area contributed by atoms with Gasteiger partial charge in [0.2, 0.25) is 5.91 Å². The molecule has 0 aliphatic carbocycles. The van der Waals surface area contributed by atoms with E-state index in [9.17, 15) is 4.79 Å². The van der Waals surface area contributed by atoms with Crippen molar-refractivity contribution in [3.05, 3.63) is 18.3 Å². The molecule has 0 saturated heterocycles. The number of nitrogen functional groups attached to an aromatic ring is 1. The van der Waals surface area contributed by atoms with Crippen molar-refractivity contribution in [1.82, 2.24) is 10.3 Å². The van der Waals surface area contributed by atoms with E-state index in [0.29, 0.717) is 5.69 Å². The standard InChI is InChI=1S/C11H13N3OS/c1-3-6-13-11(15)8(2)16-10-5-4-9(12)7-14-10/h1,4-5,7-8H,6,12H2,2H3,(H,13,15). The van der Waals surface area contributed by atoms with Crippen LogP contribution in [0.5, 0.6) is 0 Å². The Balaban J connectivity index is 2.51. The summed E-state index contributed by atoms with van der Waals surface area (Å²) in [6, 6.07) is 3.53. The highest BCUT2D eigenvalue weighted by Gasteiger charge is 2.13. The molecule has 0 aromatic carbocycles. The number of nitrogens with two attached hydrogens (primary N) is 1. The maximum Gasteiger partial charge on any atom is 0.234 e. The molecule has 0 aliphatic rings. The Labute approximate surface area is 99.0 Å². The Bertz CT molecular complexity index is 397. The number of aromatic nitrogens is 1. The Kier molecular flexibility index (Phi) is 4.67. The van der Waals surface area contributed by atoms with Gasteiger partial charge in [-0.2, -0.15) is 0 Å². The lowest BCUT2D eigenvalue weighted by atomic mass is 10.4. The number of hydrogen-bond donors (Lipinski definition) is 2. The summed E-state index contributed by atoms with van der Waals surface area (Å²) in [7, 11) is 0. The summed E-state index contributed by atoms with van der Waals surface area (Å²) < 4.78 is 0. The minimum absolute atomic E-state index is 0.0958. The number of carbonyl (C=O) groups excluding carboxylic acids is 1. The molecule has 0 aliphatic heterocycles. The molecule has 0 bridgehead atoms. The molecule has 1 aromatic heterocycles. The molecule has 5 heteroatoms. The van der Waals surface area contributed by atoms with Crippen LogP contribution in [0.3, 0.4) is 0 Å². The Morgan fingerprint density at radius 1 is 1.75 bits per heavy atom. The third-order valence-corrected chi connectivity index (χ3v) is 2.84. The fraction of sp³-hybridized carbons (Fsp3) is 0.273. The SMILES string of the molecule is C#CCNC(=O)C(C)Sc1ccc(N)cn1. The summed E-state index contributed by atoms with van der Waals surface area (Å²) >= 11 is 1.36. The molecule has 84 valence electrons. The summed E-state index contributed by atoms with van der Waals surface area (Å²) in [5, 5.41) is 3.15. The van der Waals surface area contributed by atoms with Gasteiger partial charge in [-0.3, -0.25) is 4.79 Å². The van der Waals surface area contributed by atoms with E-state index in [1.165, 1.54) is 11.8 Å². The molecule has 0 saturated carbocycles. The molecule has 1 unspecified atom stereocenters. The number of pyridine rings is 1. The molecule has 1 heterocycles. The van der Waals surface area contributed by atoms with E-state index >= 15 is 0 Å². The minimum Gasteiger partial charge on any atom is -0.397 e. The van der Waals surface area contributed by atoms with Crippen LogP contribution in [0.2, 0.25) is 0 Å². The molecule has 4 nitrogen and oxygen atoms in total. The smallest absolute Gasteiger partial charge is 0.234 e. The van der Waals surface area contributed by atoms with E-state index in [1.807, 2.05) is 0 Å². The number of thioether (sulfide) groups is 1. The predicted molar refractivity (Wildman–Crippen MR) is 65.8 cm³/mol. The number of hydrogen-bond acceptors (Lipinski definition) is 4. The van der Waals surface area contributed by atoms with Crippen LogP contribution in [0, 0.1) is 12.3 Å². The largest absolute Gasteiger partial charge is 0.397 e. The van der Waals surface area contributed by atoms with Gasteiger partial charge in [-0.05, 0) is 19.1 Å². The molecule has 1 amide bonds. The van der Waals surface area contributed by atoms with Crippen LogP contribution < -0.4 is 11.1 Å². The summed E-state index contributed by atoms with van der Waals surface area (Å²) in [6.45, 7) is 2.05.